The summed E-state index contributed by atoms with van der Waals surface area (Å²) in [4.78, 5) is 8.52. The third kappa shape index (κ3) is 2.06. The minimum atomic E-state index is 0.258. The number of nitrogens with one attached hydrogen (secondary N) is 1. The molecule has 3 aromatic rings. The number of nitrogen functional groups attached to an aromatic ring is 1. The van der Waals surface area contributed by atoms with Crippen LogP contribution in [0.2, 0.25) is 0 Å². The highest BCUT2D eigenvalue weighted by Gasteiger charge is 2.13. The molecule has 1 aromatic heterocycles. The molecule has 0 radical (unpaired) electrons. The molecule has 0 fully saturated rings. The molecule has 0 atom stereocenters. The van der Waals surface area contributed by atoms with E-state index in [1.165, 1.54) is 6.33 Å². The van der Waals surface area contributed by atoms with E-state index < -0.39 is 0 Å². The van der Waals surface area contributed by atoms with Gasteiger partial charge in [-0.2, -0.15) is 0 Å². The topological polar surface area (TPSA) is 82.3 Å². The second-order valence-corrected chi connectivity index (χ2v) is 4.69. The van der Waals surface area contributed by atoms with E-state index in [9.17, 15) is 0 Å². The van der Waals surface area contributed by atoms with Gasteiger partial charge in [0.05, 0.1) is 5.52 Å². The Morgan fingerprint density at radius 2 is 1.90 bits per heavy atom. The average molecular weight is 280 g/mol. The summed E-state index contributed by atoms with van der Waals surface area (Å²) in [5, 5.41) is 4.18. The van der Waals surface area contributed by atoms with Gasteiger partial charge in [0.25, 0.3) is 0 Å². The maximum absolute atomic E-state index is 5.78. The second kappa shape index (κ2) is 4.52. The Kier molecular flexibility index (Phi) is 2.53. The lowest BCUT2D eigenvalue weighted by Gasteiger charge is -2.09. The van der Waals surface area contributed by atoms with Gasteiger partial charge in [-0.25, -0.2) is 9.97 Å². The molecule has 0 amide bonds. The largest absolute Gasteiger partial charge is 0.454 e. The van der Waals surface area contributed by atoms with Crippen LogP contribution in [0.1, 0.15) is 0 Å². The number of fused-ring (bicyclic) bond motifs is 2. The van der Waals surface area contributed by atoms with Crippen molar-refractivity contribution in [3.05, 3.63) is 42.7 Å². The minimum absolute atomic E-state index is 0.258. The number of rotatable bonds is 2. The molecule has 6 heteroatoms. The SMILES string of the molecule is Nc1ccc2c(Nc3ccc4c(c3)OCO4)ncnc2c1. The third-order valence-electron chi connectivity index (χ3n) is 3.30. The Hall–Kier alpha value is -3.02. The lowest BCUT2D eigenvalue weighted by atomic mass is 10.2. The maximum Gasteiger partial charge on any atom is 0.231 e. The first-order chi connectivity index (χ1) is 10.3. The minimum Gasteiger partial charge on any atom is -0.454 e. The Morgan fingerprint density at radius 3 is 2.86 bits per heavy atom. The Labute approximate surface area is 120 Å². The maximum atomic E-state index is 5.78. The van der Waals surface area contributed by atoms with Crippen LogP contribution in [0.3, 0.4) is 0 Å². The molecule has 104 valence electrons. The molecule has 0 saturated heterocycles. The number of anilines is 3. The van der Waals surface area contributed by atoms with Crippen LogP contribution in [0.5, 0.6) is 11.5 Å². The number of aromatic nitrogens is 2. The Morgan fingerprint density at radius 1 is 1.00 bits per heavy atom. The first-order valence-electron chi connectivity index (χ1n) is 6.46. The van der Waals surface area contributed by atoms with Crippen LogP contribution in [0.15, 0.2) is 42.7 Å². The zero-order chi connectivity index (χ0) is 14.2. The molecule has 0 aliphatic carbocycles. The Bertz CT molecular complexity index is 835. The van der Waals surface area contributed by atoms with Gasteiger partial charge in [-0.1, -0.05) is 0 Å². The zero-order valence-corrected chi connectivity index (χ0v) is 11.0. The van der Waals surface area contributed by atoms with Crippen molar-refractivity contribution in [2.45, 2.75) is 0 Å². The van der Waals surface area contributed by atoms with E-state index >= 15 is 0 Å². The fourth-order valence-electron chi connectivity index (χ4n) is 2.28. The van der Waals surface area contributed by atoms with Crippen molar-refractivity contribution in [3.63, 3.8) is 0 Å². The summed E-state index contributed by atoms with van der Waals surface area (Å²) < 4.78 is 10.7. The highest BCUT2D eigenvalue weighted by Crippen LogP contribution is 2.35. The van der Waals surface area contributed by atoms with Crippen LogP contribution in [-0.4, -0.2) is 16.8 Å². The van der Waals surface area contributed by atoms with Crippen LogP contribution >= 0.6 is 0 Å². The number of hydrogen-bond acceptors (Lipinski definition) is 6. The molecular weight excluding hydrogens is 268 g/mol. The molecule has 1 aliphatic rings. The molecule has 21 heavy (non-hydrogen) atoms. The molecule has 0 spiro atoms. The van der Waals surface area contributed by atoms with Crippen molar-refractivity contribution < 1.29 is 9.47 Å². The van der Waals surface area contributed by atoms with Crippen molar-refractivity contribution in [3.8, 4) is 11.5 Å². The molecule has 2 heterocycles. The number of ether oxygens (including phenoxy) is 2. The van der Waals surface area contributed by atoms with Gasteiger partial charge in [0, 0.05) is 22.8 Å². The fourth-order valence-corrected chi connectivity index (χ4v) is 2.28. The van der Waals surface area contributed by atoms with Crippen molar-refractivity contribution in [1.82, 2.24) is 9.97 Å². The normalized spacial score (nSPS) is 12.6. The standard InChI is InChI=1S/C15H12N4O2/c16-9-1-3-11-12(5-9)17-7-18-15(11)19-10-2-4-13-14(6-10)21-8-20-13/h1-7H,8,16H2,(H,17,18,19). The van der Waals surface area contributed by atoms with Gasteiger partial charge < -0.3 is 20.5 Å². The number of nitrogens with zero attached hydrogens (tertiary/aromatic N) is 2. The molecule has 0 unspecified atom stereocenters. The number of nitrogens with two attached hydrogens (primary N) is 1. The molecule has 6 nitrogen and oxygen atoms in total. The molecule has 0 saturated carbocycles. The van der Waals surface area contributed by atoms with Crippen molar-refractivity contribution >= 4 is 28.1 Å². The lowest BCUT2D eigenvalue weighted by Crippen LogP contribution is -1.96. The summed E-state index contributed by atoms with van der Waals surface area (Å²) in [6, 6.07) is 11.2. The van der Waals surface area contributed by atoms with Crippen LogP contribution < -0.4 is 20.5 Å². The van der Waals surface area contributed by atoms with E-state index in [4.69, 9.17) is 15.2 Å². The summed E-state index contributed by atoms with van der Waals surface area (Å²) in [5.41, 5.74) is 8.12. The smallest absolute Gasteiger partial charge is 0.231 e. The van der Waals surface area contributed by atoms with E-state index in [1.807, 2.05) is 36.4 Å². The highest BCUT2D eigenvalue weighted by molar-refractivity contribution is 5.92. The van der Waals surface area contributed by atoms with Gasteiger partial charge in [-0.3, -0.25) is 0 Å². The molecule has 3 N–H and O–H groups in total. The Balaban J connectivity index is 1.74. The van der Waals surface area contributed by atoms with E-state index in [0.29, 0.717) is 5.69 Å². The second-order valence-electron chi connectivity index (χ2n) is 4.69. The highest BCUT2D eigenvalue weighted by atomic mass is 16.7. The molecule has 0 bridgehead atoms. The first kappa shape index (κ1) is 11.8. The van der Waals surface area contributed by atoms with Gasteiger partial charge in [0.15, 0.2) is 11.5 Å². The van der Waals surface area contributed by atoms with E-state index in [1.54, 1.807) is 0 Å². The van der Waals surface area contributed by atoms with Crippen molar-refractivity contribution in [2.75, 3.05) is 17.8 Å². The molecule has 4 rings (SSSR count). The van der Waals surface area contributed by atoms with Gasteiger partial charge in [-0.15, -0.1) is 0 Å². The fraction of sp³-hybridized carbons (Fsp3) is 0.0667. The third-order valence-corrected chi connectivity index (χ3v) is 3.30. The lowest BCUT2D eigenvalue weighted by molar-refractivity contribution is 0.174. The van der Waals surface area contributed by atoms with Crippen LogP contribution in [-0.2, 0) is 0 Å². The monoisotopic (exact) mass is 280 g/mol. The summed E-state index contributed by atoms with van der Waals surface area (Å²) in [5.74, 6) is 2.20. The molecular formula is C15H12N4O2. The van der Waals surface area contributed by atoms with Crippen molar-refractivity contribution in [2.24, 2.45) is 0 Å². The van der Waals surface area contributed by atoms with E-state index in [-0.39, 0.29) is 6.79 Å². The summed E-state index contributed by atoms with van der Waals surface area (Å²) >= 11 is 0. The van der Waals surface area contributed by atoms with Crippen molar-refractivity contribution in [1.29, 1.82) is 0 Å². The predicted octanol–water partition coefficient (Wildman–Crippen LogP) is 2.68. The quantitative estimate of drug-likeness (QED) is 0.702. The zero-order valence-electron chi connectivity index (χ0n) is 11.0. The summed E-state index contributed by atoms with van der Waals surface area (Å²) in [6.45, 7) is 0.258. The number of hydrogen-bond donors (Lipinski definition) is 2. The van der Waals surface area contributed by atoms with Gasteiger partial charge >= 0.3 is 0 Å². The van der Waals surface area contributed by atoms with E-state index in [2.05, 4.69) is 15.3 Å². The summed E-state index contributed by atoms with van der Waals surface area (Å²) in [7, 11) is 0. The van der Waals surface area contributed by atoms with Gasteiger partial charge in [-0.05, 0) is 30.3 Å². The van der Waals surface area contributed by atoms with Crippen LogP contribution in [0, 0.1) is 0 Å². The summed E-state index contributed by atoms with van der Waals surface area (Å²) in [6.07, 6.45) is 1.51. The first-order valence-corrected chi connectivity index (χ1v) is 6.46. The number of benzene rings is 2. The molecule has 2 aromatic carbocycles. The van der Waals surface area contributed by atoms with Crippen LogP contribution in [0.4, 0.5) is 17.2 Å². The van der Waals surface area contributed by atoms with Crippen LogP contribution in [0.25, 0.3) is 10.9 Å². The van der Waals surface area contributed by atoms with Gasteiger partial charge in [0.2, 0.25) is 6.79 Å². The predicted molar refractivity (Wildman–Crippen MR) is 79.8 cm³/mol. The molecule has 1 aliphatic heterocycles. The van der Waals surface area contributed by atoms with E-state index in [0.717, 1.165) is 33.9 Å². The average Bonchev–Trinajstić information content (AvgIpc) is 2.95. The van der Waals surface area contributed by atoms with Gasteiger partial charge in [0.1, 0.15) is 12.1 Å².